The number of nitrogens with one attached hydrogen (secondary N) is 4. The maximum Gasteiger partial charge on any atom is 0.240 e. The summed E-state index contributed by atoms with van der Waals surface area (Å²) >= 11 is 0. The van der Waals surface area contributed by atoms with Crippen LogP contribution in [0, 0.1) is 5.41 Å². The minimum atomic E-state index is -0.0414. The molecule has 1 aliphatic heterocycles. The maximum atomic E-state index is 11.0. The highest BCUT2D eigenvalue weighted by Gasteiger charge is 2.12. The van der Waals surface area contributed by atoms with Crippen LogP contribution in [-0.2, 0) is 4.79 Å². The first-order valence-corrected chi connectivity index (χ1v) is 6.62. The Morgan fingerprint density at radius 1 is 1.30 bits per heavy atom. The fourth-order valence-corrected chi connectivity index (χ4v) is 1.90. The molecule has 1 heterocycles. The number of anilines is 1. The molecule has 0 bridgehead atoms. The number of hydrogen-bond acceptors (Lipinski definition) is 3. The topological polar surface area (TPSA) is 89.4 Å². The SMILES string of the molecule is CC(C)NC(=N)Nc1ccc(C2=NNC(=O)CC2)cc1. The number of carbonyl (C=O) groups is 1. The lowest BCUT2D eigenvalue weighted by molar-refractivity contribution is -0.121. The van der Waals surface area contributed by atoms with Crippen molar-refractivity contribution in [2.75, 3.05) is 5.32 Å². The molecule has 1 amide bonds. The van der Waals surface area contributed by atoms with Crippen molar-refractivity contribution in [1.29, 1.82) is 5.41 Å². The molecule has 0 saturated carbocycles. The summed E-state index contributed by atoms with van der Waals surface area (Å²) in [7, 11) is 0. The summed E-state index contributed by atoms with van der Waals surface area (Å²) in [6.45, 7) is 3.96. The number of amides is 1. The van der Waals surface area contributed by atoms with E-state index in [9.17, 15) is 4.79 Å². The van der Waals surface area contributed by atoms with E-state index in [4.69, 9.17) is 5.41 Å². The molecule has 1 aromatic rings. The molecule has 20 heavy (non-hydrogen) atoms. The van der Waals surface area contributed by atoms with Crippen LogP contribution in [0.5, 0.6) is 0 Å². The van der Waals surface area contributed by atoms with Crippen molar-refractivity contribution < 1.29 is 4.79 Å². The molecule has 0 unspecified atom stereocenters. The van der Waals surface area contributed by atoms with E-state index in [1.807, 2.05) is 38.1 Å². The van der Waals surface area contributed by atoms with Gasteiger partial charge in [0.2, 0.25) is 5.91 Å². The summed E-state index contributed by atoms with van der Waals surface area (Å²) in [6.07, 6.45) is 1.13. The number of guanidine groups is 1. The lowest BCUT2D eigenvalue weighted by atomic mass is 10.0. The minimum absolute atomic E-state index is 0.0414. The third-order valence-electron chi connectivity index (χ3n) is 2.82. The first-order chi connectivity index (χ1) is 9.54. The fourth-order valence-electron chi connectivity index (χ4n) is 1.90. The minimum Gasteiger partial charge on any atom is -0.354 e. The number of hydrogen-bond donors (Lipinski definition) is 4. The van der Waals surface area contributed by atoms with Gasteiger partial charge in [-0.15, -0.1) is 0 Å². The first kappa shape index (κ1) is 14.0. The van der Waals surface area contributed by atoms with Crippen molar-refractivity contribution in [3.8, 4) is 0 Å². The Morgan fingerprint density at radius 3 is 2.55 bits per heavy atom. The van der Waals surface area contributed by atoms with Gasteiger partial charge in [-0.1, -0.05) is 12.1 Å². The van der Waals surface area contributed by atoms with Crippen LogP contribution in [-0.4, -0.2) is 23.6 Å². The van der Waals surface area contributed by atoms with Gasteiger partial charge in [0.05, 0.1) is 5.71 Å². The Hall–Kier alpha value is -2.37. The number of carbonyl (C=O) groups excluding carboxylic acids is 1. The van der Waals surface area contributed by atoms with E-state index in [1.54, 1.807) is 0 Å². The number of benzene rings is 1. The van der Waals surface area contributed by atoms with Gasteiger partial charge < -0.3 is 10.6 Å². The molecule has 0 spiro atoms. The third-order valence-corrected chi connectivity index (χ3v) is 2.82. The number of rotatable bonds is 3. The van der Waals surface area contributed by atoms with Crippen molar-refractivity contribution in [3.05, 3.63) is 29.8 Å². The average Bonchev–Trinajstić information content (AvgIpc) is 2.39. The predicted octanol–water partition coefficient (Wildman–Crippen LogP) is 1.65. The molecular formula is C14H19N5O. The van der Waals surface area contributed by atoms with Gasteiger partial charge >= 0.3 is 0 Å². The van der Waals surface area contributed by atoms with E-state index < -0.39 is 0 Å². The molecule has 6 nitrogen and oxygen atoms in total. The highest BCUT2D eigenvalue weighted by atomic mass is 16.2. The Morgan fingerprint density at radius 2 is 2.00 bits per heavy atom. The molecule has 1 aromatic carbocycles. The standard InChI is InChI=1S/C14H19N5O/c1-9(2)16-14(15)17-11-5-3-10(4-6-11)12-7-8-13(20)19-18-12/h3-6,9H,7-8H2,1-2H3,(H,19,20)(H3,15,16,17). The molecule has 0 saturated heterocycles. The van der Waals surface area contributed by atoms with E-state index in [-0.39, 0.29) is 17.9 Å². The Labute approximate surface area is 118 Å². The van der Waals surface area contributed by atoms with Crippen molar-refractivity contribution in [1.82, 2.24) is 10.7 Å². The third kappa shape index (κ3) is 3.81. The normalized spacial score (nSPS) is 14.6. The quantitative estimate of drug-likeness (QED) is 0.498. The zero-order chi connectivity index (χ0) is 14.5. The second kappa shape index (κ2) is 6.18. The summed E-state index contributed by atoms with van der Waals surface area (Å²) in [5.74, 6) is 0.232. The van der Waals surface area contributed by atoms with Crippen LogP contribution in [0.25, 0.3) is 0 Å². The molecular weight excluding hydrogens is 254 g/mol. The first-order valence-electron chi connectivity index (χ1n) is 6.62. The van der Waals surface area contributed by atoms with Gasteiger partial charge in [0.25, 0.3) is 0 Å². The van der Waals surface area contributed by atoms with Gasteiger partial charge in [0.1, 0.15) is 0 Å². The van der Waals surface area contributed by atoms with Gasteiger partial charge in [-0.2, -0.15) is 5.10 Å². The van der Waals surface area contributed by atoms with Gasteiger partial charge in [0.15, 0.2) is 5.96 Å². The molecule has 0 radical (unpaired) electrons. The summed E-state index contributed by atoms with van der Waals surface area (Å²) in [5, 5.41) is 17.7. The van der Waals surface area contributed by atoms with Crippen LogP contribution >= 0.6 is 0 Å². The maximum absolute atomic E-state index is 11.0. The van der Waals surface area contributed by atoms with Crippen LogP contribution in [0.1, 0.15) is 32.3 Å². The van der Waals surface area contributed by atoms with Crippen LogP contribution in [0.4, 0.5) is 5.69 Å². The lowest BCUT2D eigenvalue weighted by Gasteiger charge is -2.14. The Kier molecular flexibility index (Phi) is 4.34. The van der Waals surface area contributed by atoms with Crippen LogP contribution in [0.3, 0.4) is 0 Å². The van der Waals surface area contributed by atoms with Crippen molar-refractivity contribution in [3.63, 3.8) is 0 Å². The highest BCUT2D eigenvalue weighted by molar-refractivity contribution is 6.04. The summed E-state index contributed by atoms with van der Waals surface area (Å²) in [4.78, 5) is 11.0. The van der Waals surface area contributed by atoms with Gasteiger partial charge in [-0.05, 0) is 31.5 Å². The second-order valence-corrected chi connectivity index (χ2v) is 4.97. The van der Waals surface area contributed by atoms with E-state index in [0.717, 1.165) is 17.0 Å². The smallest absolute Gasteiger partial charge is 0.240 e. The molecule has 0 atom stereocenters. The predicted molar refractivity (Wildman–Crippen MR) is 80.0 cm³/mol. The lowest BCUT2D eigenvalue weighted by Crippen LogP contribution is -2.34. The molecule has 0 fully saturated rings. The van der Waals surface area contributed by atoms with Crippen molar-refractivity contribution >= 4 is 23.3 Å². The van der Waals surface area contributed by atoms with Gasteiger partial charge in [0, 0.05) is 24.6 Å². The van der Waals surface area contributed by atoms with Crippen LogP contribution in [0.15, 0.2) is 29.4 Å². The summed E-state index contributed by atoms with van der Waals surface area (Å²) in [6, 6.07) is 7.87. The van der Waals surface area contributed by atoms with Crippen molar-refractivity contribution in [2.45, 2.75) is 32.7 Å². The summed E-state index contributed by atoms with van der Waals surface area (Å²) in [5.41, 5.74) is 5.19. The molecule has 6 heteroatoms. The van der Waals surface area contributed by atoms with Crippen molar-refractivity contribution in [2.24, 2.45) is 5.10 Å². The zero-order valence-corrected chi connectivity index (χ0v) is 11.7. The number of hydrazone groups is 1. The monoisotopic (exact) mass is 273 g/mol. The molecule has 0 aliphatic carbocycles. The molecule has 2 rings (SSSR count). The fraction of sp³-hybridized carbons (Fsp3) is 0.357. The number of nitrogens with zero attached hydrogens (tertiary/aromatic N) is 1. The molecule has 106 valence electrons. The zero-order valence-electron chi connectivity index (χ0n) is 11.7. The van der Waals surface area contributed by atoms with Gasteiger partial charge in [-0.25, -0.2) is 5.43 Å². The van der Waals surface area contributed by atoms with E-state index >= 15 is 0 Å². The van der Waals surface area contributed by atoms with E-state index in [2.05, 4.69) is 21.2 Å². The molecule has 1 aliphatic rings. The summed E-state index contributed by atoms with van der Waals surface area (Å²) < 4.78 is 0. The Bertz CT molecular complexity index is 533. The van der Waals surface area contributed by atoms with Gasteiger partial charge in [-0.3, -0.25) is 10.2 Å². The molecule has 4 N–H and O–H groups in total. The largest absolute Gasteiger partial charge is 0.354 e. The average molecular weight is 273 g/mol. The molecule has 0 aromatic heterocycles. The second-order valence-electron chi connectivity index (χ2n) is 4.97. The van der Waals surface area contributed by atoms with E-state index in [0.29, 0.717) is 12.8 Å². The van der Waals surface area contributed by atoms with E-state index in [1.165, 1.54) is 0 Å². The van der Waals surface area contributed by atoms with Crippen LogP contribution < -0.4 is 16.1 Å². The highest BCUT2D eigenvalue weighted by Crippen LogP contribution is 2.14. The van der Waals surface area contributed by atoms with Crippen LogP contribution in [0.2, 0.25) is 0 Å². The Balaban J connectivity index is 2.00.